The lowest BCUT2D eigenvalue weighted by atomic mass is 10.1. The first-order chi connectivity index (χ1) is 7.77. The first-order valence-corrected chi connectivity index (χ1v) is 5.71. The molecular weight excluding hydrogens is 266 g/mol. The van der Waals surface area contributed by atoms with Gasteiger partial charge in [0.2, 0.25) is 0 Å². The summed E-state index contributed by atoms with van der Waals surface area (Å²) in [6.07, 6.45) is 1.82. The molecule has 0 saturated carbocycles. The molecule has 2 nitrogen and oxygen atoms in total. The number of aromatic nitrogens is 1. The van der Waals surface area contributed by atoms with Crippen LogP contribution in [0, 0.1) is 0 Å². The van der Waals surface area contributed by atoms with Crippen LogP contribution < -0.4 is 0 Å². The molecule has 0 fully saturated rings. The number of benzene rings is 2. The van der Waals surface area contributed by atoms with Crippen molar-refractivity contribution in [3.8, 4) is 5.75 Å². The van der Waals surface area contributed by atoms with Crippen LogP contribution in [-0.4, -0.2) is 10.1 Å². The fourth-order valence-corrected chi connectivity index (χ4v) is 2.23. The van der Waals surface area contributed by atoms with Gasteiger partial charge in [0.1, 0.15) is 5.75 Å². The Bertz CT molecular complexity index is 694. The van der Waals surface area contributed by atoms with E-state index in [1.54, 1.807) is 6.07 Å². The number of fused-ring (bicyclic) bond motifs is 3. The van der Waals surface area contributed by atoms with Crippen molar-refractivity contribution in [2.45, 2.75) is 0 Å². The van der Waals surface area contributed by atoms with Gasteiger partial charge in [0, 0.05) is 11.6 Å². The summed E-state index contributed by atoms with van der Waals surface area (Å²) in [5.41, 5.74) is 0.805. The Kier molecular flexibility index (Phi) is 2.07. The topological polar surface area (TPSA) is 33.1 Å². The fraction of sp³-hybridized carbons (Fsp3) is 0. The molecule has 0 atom stereocenters. The minimum atomic E-state index is 0.252. The fourth-order valence-electron chi connectivity index (χ4n) is 1.90. The third kappa shape index (κ3) is 1.28. The van der Waals surface area contributed by atoms with Crippen molar-refractivity contribution >= 4 is 37.6 Å². The summed E-state index contributed by atoms with van der Waals surface area (Å²) in [4.78, 5) is 4.33. The van der Waals surface area contributed by atoms with E-state index in [9.17, 15) is 5.11 Å². The van der Waals surface area contributed by atoms with Crippen LogP contribution in [0.4, 0.5) is 0 Å². The predicted octanol–water partition coefficient (Wildman–Crippen LogP) is 3.86. The van der Waals surface area contributed by atoms with E-state index in [2.05, 4.69) is 20.9 Å². The molecular formula is C13H8BrNO. The average molecular weight is 274 g/mol. The SMILES string of the molecule is Oc1c(Br)ccc2ncc3ccccc3c12. The molecule has 3 heteroatoms. The van der Waals surface area contributed by atoms with Crippen LogP contribution in [-0.2, 0) is 0 Å². The molecule has 3 rings (SSSR count). The number of hydrogen-bond donors (Lipinski definition) is 1. The van der Waals surface area contributed by atoms with Gasteiger partial charge in [-0.1, -0.05) is 24.3 Å². The van der Waals surface area contributed by atoms with Gasteiger partial charge in [-0.25, -0.2) is 0 Å². The zero-order valence-electron chi connectivity index (χ0n) is 8.31. The molecule has 0 bridgehead atoms. The van der Waals surface area contributed by atoms with E-state index in [0.717, 1.165) is 21.7 Å². The Morgan fingerprint density at radius 2 is 1.88 bits per heavy atom. The van der Waals surface area contributed by atoms with Crippen molar-refractivity contribution in [2.24, 2.45) is 0 Å². The molecule has 1 heterocycles. The van der Waals surface area contributed by atoms with Crippen molar-refractivity contribution < 1.29 is 5.11 Å². The number of nitrogens with zero attached hydrogens (tertiary/aromatic N) is 1. The second kappa shape index (κ2) is 3.46. The van der Waals surface area contributed by atoms with Gasteiger partial charge in [-0.05, 0) is 33.4 Å². The average Bonchev–Trinajstić information content (AvgIpc) is 2.33. The quantitative estimate of drug-likeness (QED) is 0.631. The van der Waals surface area contributed by atoms with E-state index in [4.69, 9.17) is 0 Å². The summed E-state index contributed by atoms with van der Waals surface area (Å²) in [7, 11) is 0. The first kappa shape index (κ1) is 9.60. The molecule has 78 valence electrons. The zero-order chi connectivity index (χ0) is 11.1. The lowest BCUT2D eigenvalue weighted by Crippen LogP contribution is -1.83. The molecule has 1 aromatic heterocycles. The van der Waals surface area contributed by atoms with Gasteiger partial charge in [-0.3, -0.25) is 4.98 Å². The highest BCUT2D eigenvalue weighted by molar-refractivity contribution is 9.10. The minimum absolute atomic E-state index is 0.252. The van der Waals surface area contributed by atoms with Crippen molar-refractivity contribution in [1.29, 1.82) is 0 Å². The molecule has 2 aromatic carbocycles. The van der Waals surface area contributed by atoms with Crippen LogP contribution in [0.3, 0.4) is 0 Å². The second-order valence-corrected chi connectivity index (χ2v) is 4.49. The number of phenolic OH excluding ortho intramolecular Hbond substituents is 1. The Balaban J connectivity index is 2.63. The van der Waals surface area contributed by atoms with Gasteiger partial charge in [0.25, 0.3) is 0 Å². The highest BCUT2D eigenvalue weighted by Crippen LogP contribution is 2.35. The summed E-state index contributed by atoms with van der Waals surface area (Å²) in [6.45, 7) is 0. The Morgan fingerprint density at radius 1 is 1.06 bits per heavy atom. The Hall–Kier alpha value is -1.61. The van der Waals surface area contributed by atoms with E-state index < -0.39 is 0 Å². The molecule has 0 aliphatic heterocycles. The third-order valence-electron chi connectivity index (χ3n) is 2.68. The normalized spacial score (nSPS) is 11.1. The van der Waals surface area contributed by atoms with Crippen LogP contribution in [0.25, 0.3) is 21.7 Å². The van der Waals surface area contributed by atoms with Gasteiger partial charge in [-0.2, -0.15) is 0 Å². The molecule has 0 aliphatic carbocycles. The minimum Gasteiger partial charge on any atom is -0.506 e. The van der Waals surface area contributed by atoms with Crippen molar-refractivity contribution in [3.63, 3.8) is 0 Å². The molecule has 3 aromatic rings. The summed E-state index contributed by atoms with van der Waals surface area (Å²) in [6, 6.07) is 11.6. The van der Waals surface area contributed by atoms with Crippen molar-refractivity contribution in [1.82, 2.24) is 4.98 Å². The van der Waals surface area contributed by atoms with Gasteiger partial charge in [-0.15, -0.1) is 0 Å². The van der Waals surface area contributed by atoms with E-state index >= 15 is 0 Å². The lowest BCUT2D eigenvalue weighted by molar-refractivity contribution is 0.478. The van der Waals surface area contributed by atoms with Crippen LogP contribution >= 0.6 is 15.9 Å². The van der Waals surface area contributed by atoms with Crippen LogP contribution in [0.1, 0.15) is 0 Å². The maximum absolute atomic E-state index is 10.1. The summed E-state index contributed by atoms with van der Waals surface area (Å²) in [5, 5.41) is 12.9. The molecule has 0 spiro atoms. The second-order valence-electron chi connectivity index (χ2n) is 3.64. The van der Waals surface area contributed by atoms with Gasteiger partial charge < -0.3 is 5.11 Å². The highest BCUT2D eigenvalue weighted by Gasteiger charge is 2.08. The largest absolute Gasteiger partial charge is 0.506 e. The predicted molar refractivity (Wildman–Crippen MR) is 68.6 cm³/mol. The number of hydrogen-bond acceptors (Lipinski definition) is 2. The number of halogens is 1. The lowest BCUT2D eigenvalue weighted by Gasteiger charge is -2.06. The summed E-state index contributed by atoms with van der Waals surface area (Å²) < 4.78 is 0.693. The summed E-state index contributed by atoms with van der Waals surface area (Å²) in [5.74, 6) is 0.252. The van der Waals surface area contributed by atoms with E-state index in [-0.39, 0.29) is 5.75 Å². The number of aromatic hydroxyl groups is 1. The highest BCUT2D eigenvalue weighted by atomic mass is 79.9. The molecule has 1 N–H and O–H groups in total. The molecule has 0 amide bonds. The maximum Gasteiger partial charge on any atom is 0.139 e. The Labute approximate surface area is 101 Å². The molecule has 0 aliphatic rings. The molecule has 16 heavy (non-hydrogen) atoms. The van der Waals surface area contributed by atoms with Gasteiger partial charge in [0.15, 0.2) is 0 Å². The van der Waals surface area contributed by atoms with E-state index in [1.165, 1.54) is 0 Å². The smallest absolute Gasteiger partial charge is 0.139 e. The third-order valence-corrected chi connectivity index (χ3v) is 3.32. The van der Waals surface area contributed by atoms with Crippen LogP contribution in [0.2, 0.25) is 0 Å². The first-order valence-electron chi connectivity index (χ1n) is 4.92. The van der Waals surface area contributed by atoms with Crippen LogP contribution in [0.15, 0.2) is 47.1 Å². The summed E-state index contributed by atoms with van der Waals surface area (Å²) >= 11 is 3.32. The van der Waals surface area contributed by atoms with E-state index in [1.807, 2.05) is 36.5 Å². The maximum atomic E-state index is 10.1. The zero-order valence-corrected chi connectivity index (χ0v) is 9.90. The number of phenols is 1. The number of pyridine rings is 1. The molecule has 0 radical (unpaired) electrons. The van der Waals surface area contributed by atoms with Crippen molar-refractivity contribution in [2.75, 3.05) is 0 Å². The monoisotopic (exact) mass is 273 g/mol. The van der Waals surface area contributed by atoms with Gasteiger partial charge >= 0.3 is 0 Å². The standard InChI is InChI=1S/C13H8BrNO/c14-10-5-6-11-12(13(10)16)9-4-2-1-3-8(9)7-15-11/h1-7,16H. The van der Waals surface area contributed by atoms with Gasteiger partial charge in [0.05, 0.1) is 15.4 Å². The van der Waals surface area contributed by atoms with E-state index in [0.29, 0.717) is 4.47 Å². The molecule has 0 unspecified atom stereocenters. The van der Waals surface area contributed by atoms with Crippen molar-refractivity contribution in [3.05, 3.63) is 47.1 Å². The number of rotatable bonds is 0. The van der Waals surface area contributed by atoms with Crippen LogP contribution in [0.5, 0.6) is 5.75 Å². The molecule has 0 saturated heterocycles. The Morgan fingerprint density at radius 3 is 2.75 bits per heavy atom.